The molecule has 3 aliphatic rings. The van der Waals surface area contributed by atoms with Crippen molar-refractivity contribution in [2.45, 2.75) is 88.6 Å². The van der Waals surface area contributed by atoms with E-state index in [1.165, 1.54) is 32.1 Å². The normalized spacial score (nSPS) is 23.2. The standard InChI is InChI=1S/C32H40N8O/c1-31(2)19-35-27-22(18-34-24-9-5-4-6-10-24)14-26(38-28(27)31)29(41)37-25-11-7-8-23(15-25)32(16-21(17-32)12-13-33)30-39-36-20-40(30)3/h7-8,11,14-15,20-21,24,34-35H,4-6,9-10,12,16-19H2,1-3H3,(H,37,41). The number of fused-ring (bicyclic) bond motifs is 1. The first-order valence-electron chi connectivity index (χ1n) is 14.9. The van der Waals surface area contributed by atoms with Gasteiger partial charge in [-0.05, 0) is 60.9 Å². The summed E-state index contributed by atoms with van der Waals surface area (Å²) in [5, 5.41) is 28.3. The number of aryl methyl sites for hydroxylation is 1. The zero-order valence-electron chi connectivity index (χ0n) is 24.3. The molecule has 1 amide bonds. The number of carbonyl (C=O) groups is 1. The fourth-order valence-corrected chi connectivity index (χ4v) is 7.05. The van der Waals surface area contributed by atoms with Gasteiger partial charge >= 0.3 is 0 Å². The fraction of sp³-hybridized carbons (Fsp3) is 0.531. The summed E-state index contributed by atoms with van der Waals surface area (Å²) in [6, 6.07) is 12.8. The van der Waals surface area contributed by atoms with Gasteiger partial charge in [0.25, 0.3) is 5.91 Å². The van der Waals surface area contributed by atoms with Crippen molar-refractivity contribution in [2.24, 2.45) is 13.0 Å². The maximum atomic E-state index is 13.7. The van der Waals surface area contributed by atoms with Gasteiger partial charge in [0.05, 0.1) is 22.9 Å². The number of anilines is 2. The molecule has 2 saturated carbocycles. The number of pyridine rings is 1. The van der Waals surface area contributed by atoms with E-state index in [0.29, 0.717) is 24.1 Å². The van der Waals surface area contributed by atoms with E-state index < -0.39 is 0 Å². The Kier molecular flexibility index (Phi) is 7.28. The van der Waals surface area contributed by atoms with Gasteiger partial charge in [0.1, 0.15) is 17.8 Å². The van der Waals surface area contributed by atoms with E-state index in [1.54, 1.807) is 6.33 Å². The van der Waals surface area contributed by atoms with E-state index in [9.17, 15) is 10.1 Å². The molecule has 3 N–H and O–H groups in total. The van der Waals surface area contributed by atoms with Crippen LogP contribution in [0, 0.1) is 17.2 Å². The Morgan fingerprint density at radius 3 is 2.73 bits per heavy atom. The van der Waals surface area contributed by atoms with Gasteiger partial charge in [0.15, 0.2) is 0 Å². The van der Waals surface area contributed by atoms with Crippen molar-refractivity contribution in [1.29, 1.82) is 5.26 Å². The van der Waals surface area contributed by atoms with Gasteiger partial charge in [0.2, 0.25) is 0 Å². The zero-order chi connectivity index (χ0) is 28.6. The summed E-state index contributed by atoms with van der Waals surface area (Å²) in [6.07, 6.45) is 10.2. The number of benzene rings is 1. The van der Waals surface area contributed by atoms with Gasteiger partial charge in [-0.25, -0.2) is 4.98 Å². The summed E-state index contributed by atoms with van der Waals surface area (Å²) in [5.41, 5.74) is 4.88. The predicted molar refractivity (Wildman–Crippen MR) is 159 cm³/mol. The molecule has 9 nitrogen and oxygen atoms in total. The van der Waals surface area contributed by atoms with Crippen LogP contribution in [0.1, 0.15) is 98.3 Å². The Labute approximate surface area is 242 Å². The quantitative estimate of drug-likeness (QED) is 0.351. The highest BCUT2D eigenvalue weighted by Gasteiger charge is 2.49. The Hall–Kier alpha value is -3.77. The number of nitrogens with one attached hydrogen (secondary N) is 3. The number of hydrogen-bond acceptors (Lipinski definition) is 7. The summed E-state index contributed by atoms with van der Waals surface area (Å²) in [5.74, 6) is 0.999. The van der Waals surface area contributed by atoms with Gasteiger partial charge in [-0.1, -0.05) is 45.2 Å². The number of carbonyl (C=O) groups excluding carboxylic acids is 1. The highest BCUT2D eigenvalue weighted by atomic mass is 16.1. The second-order valence-corrected chi connectivity index (χ2v) is 12.9. The summed E-state index contributed by atoms with van der Waals surface area (Å²) >= 11 is 0. The van der Waals surface area contributed by atoms with Crippen LogP contribution in [0.2, 0.25) is 0 Å². The maximum absolute atomic E-state index is 13.7. The Morgan fingerprint density at radius 1 is 1.20 bits per heavy atom. The first-order chi connectivity index (χ1) is 19.8. The zero-order valence-corrected chi connectivity index (χ0v) is 24.3. The summed E-state index contributed by atoms with van der Waals surface area (Å²) in [4.78, 5) is 18.6. The lowest BCUT2D eigenvalue weighted by molar-refractivity contribution is 0.102. The lowest BCUT2D eigenvalue weighted by atomic mass is 9.57. The van der Waals surface area contributed by atoms with E-state index in [2.05, 4.69) is 52.1 Å². The van der Waals surface area contributed by atoms with Gasteiger partial charge < -0.3 is 20.5 Å². The minimum Gasteiger partial charge on any atom is -0.382 e. The van der Waals surface area contributed by atoms with Crippen molar-refractivity contribution in [1.82, 2.24) is 25.1 Å². The van der Waals surface area contributed by atoms with Gasteiger partial charge in [-0.2, -0.15) is 5.26 Å². The smallest absolute Gasteiger partial charge is 0.274 e. The molecule has 2 fully saturated rings. The van der Waals surface area contributed by atoms with Crippen molar-refractivity contribution in [3.8, 4) is 6.07 Å². The molecule has 1 aliphatic heterocycles. The molecular formula is C32H40N8O. The molecule has 6 rings (SSSR count). The molecule has 0 saturated heterocycles. The number of hydrogen-bond donors (Lipinski definition) is 3. The Bertz CT molecular complexity index is 1470. The second-order valence-electron chi connectivity index (χ2n) is 12.9. The van der Waals surface area contributed by atoms with Crippen LogP contribution in [0.3, 0.4) is 0 Å². The summed E-state index contributed by atoms with van der Waals surface area (Å²) in [6.45, 7) is 5.87. The van der Waals surface area contributed by atoms with Gasteiger partial charge in [-0.3, -0.25) is 4.79 Å². The SMILES string of the molecule is Cn1cnnc1C1(c2cccc(NC(=O)c3cc(CNC4CCCCC4)c4c(n3)C(C)(C)CN4)c2)CC(CC#N)C1. The molecule has 1 aromatic carbocycles. The van der Waals surface area contributed by atoms with Gasteiger partial charge in [-0.15, -0.1) is 10.2 Å². The molecular weight excluding hydrogens is 512 g/mol. The molecule has 0 spiro atoms. The number of amides is 1. The lowest BCUT2D eigenvalue weighted by Gasteiger charge is -2.46. The predicted octanol–water partition coefficient (Wildman–Crippen LogP) is 5.20. The van der Waals surface area contributed by atoms with Crippen molar-refractivity contribution in [2.75, 3.05) is 17.2 Å². The lowest BCUT2D eigenvalue weighted by Crippen LogP contribution is -2.44. The maximum Gasteiger partial charge on any atom is 0.274 e. The second kappa shape index (κ2) is 10.9. The molecule has 0 radical (unpaired) electrons. The molecule has 41 heavy (non-hydrogen) atoms. The van der Waals surface area contributed by atoms with E-state index in [1.807, 2.05) is 35.9 Å². The average Bonchev–Trinajstić information content (AvgIpc) is 3.52. The molecule has 3 heterocycles. The molecule has 0 unspecified atom stereocenters. The number of nitriles is 1. The third-order valence-corrected chi connectivity index (χ3v) is 9.33. The van der Waals surface area contributed by atoms with Crippen LogP contribution in [-0.2, 0) is 24.4 Å². The van der Waals surface area contributed by atoms with Crippen molar-refractivity contribution in [3.63, 3.8) is 0 Å². The van der Waals surface area contributed by atoms with E-state index in [-0.39, 0.29) is 16.7 Å². The molecule has 2 aliphatic carbocycles. The minimum absolute atomic E-state index is 0.155. The van der Waals surface area contributed by atoms with E-state index >= 15 is 0 Å². The monoisotopic (exact) mass is 552 g/mol. The van der Waals surface area contributed by atoms with Crippen LogP contribution in [0.15, 0.2) is 36.7 Å². The summed E-state index contributed by atoms with van der Waals surface area (Å²) in [7, 11) is 1.96. The largest absolute Gasteiger partial charge is 0.382 e. The van der Waals surface area contributed by atoms with Crippen LogP contribution in [0.4, 0.5) is 11.4 Å². The van der Waals surface area contributed by atoms with Crippen LogP contribution < -0.4 is 16.0 Å². The third-order valence-electron chi connectivity index (χ3n) is 9.33. The highest BCUT2D eigenvalue weighted by Crippen LogP contribution is 2.53. The molecule has 3 aromatic rings. The highest BCUT2D eigenvalue weighted by molar-refractivity contribution is 6.03. The van der Waals surface area contributed by atoms with Crippen molar-refractivity contribution >= 4 is 17.3 Å². The first-order valence-corrected chi connectivity index (χ1v) is 14.9. The van der Waals surface area contributed by atoms with Gasteiger partial charge in [0, 0.05) is 43.7 Å². The topological polar surface area (TPSA) is 121 Å². The number of aromatic nitrogens is 4. The molecule has 9 heteroatoms. The van der Waals surface area contributed by atoms with Crippen molar-refractivity contribution in [3.05, 3.63) is 65.0 Å². The average molecular weight is 553 g/mol. The molecule has 2 aromatic heterocycles. The molecule has 214 valence electrons. The van der Waals surface area contributed by atoms with Crippen LogP contribution in [-0.4, -0.2) is 38.2 Å². The molecule has 0 bridgehead atoms. The Morgan fingerprint density at radius 2 is 2.00 bits per heavy atom. The van der Waals surface area contributed by atoms with Crippen LogP contribution in [0.25, 0.3) is 0 Å². The fourth-order valence-electron chi connectivity index (χ4n) is 7.05. The Balaban J connectivity index is 1.26. The van der Waals surface area contributed by atoms with E-state index in [0.717, 1.165) is 60.0 Å². The number of nitrogens with zero attached hydrogens (tertiary/aromatic N) is 5. The number of rotatable bonds is 8. The van der Waals surface area contributed by atoms with Crippen LogP contribution >= 0.6 is 0 Å². The van der Waals surface area contributed by atoms with E-state index in [4.69, 9.17) is 4.98 Å². The first kappa shape index (κ1) is 27.4. The van der Waals surface area contributed by atoms with Crippen molar-refractivity contribution < 1.29 is 4.79 Å². The third kappa shape index (κ3) is 5.21. The minimum atomic E-state index is -0.326. The molecule has 0 atom stereocenters. The van der Waals surface area contributed by atoms with Crippen LogP contribution in [0.5, 0.6) is 0 Å². The summed E-state index contributed by atoms with van der Waals surface area (Å²) < 4.78 is 1.96.